The normalized spacial score (nSPS) is 13.7. The highest BCUT2D eigenvalue weighted by Gasteiger charge is 2.39. The molecular formula is C23H22F3N3O. The highest BCUT2D eigenvalue weighted by atomic mass is 19.4. The van der Waals surface area contributed by atoms with E-state index in [1.807, 2.05) is 31.2 Å². The Morgan fingerprint density at radius 2 is 1.87 bits per heavy atom. The molecule has 4 rings (SSSR count). The molecule has 4 nitrogen and oxygen atoms in total. The van der Waals surface area contributed by atoms with E-state index in [2.05, 4.69) is 10.4 Å². The molecule has 1 heterocycles. The van der Waals surface area contributed by atoms with Gasteiger partial charge in [-0.25, -0.2) is 0 Å². The van der Waals surface area contributed by atoms with Gasteiger partial charge >= 0.3 is 6.18 Å². The molecule has 0 bridgehead atoms. The van der Waals surface area contributed by atoms with Crippen LogP contribution in [0.3, 0.4) is 0 Å². The number of aryl methyl sites for hydroxylation is 1. The maximum absolute atomic E-state index is 13.4. The largest absolute Gasteiger partial charge is 0.435 e. The van der Waals surface area contributed by atoms with Crippen LogP contribution in [0.1, 0.15) is 51.3 Å². The third-order valence-electron chi connectivity index (χ3n) is 5.44. The minimum Gasteiger partial charge on any atom is -0.322 e. The smallest absolute Gasteiger partial charge is 0.322 e. The number of fused-ring (bicyclic) bond motifs is 1. The van der Waals surface area contributed by atoms with Gasteiger partial charge in [0.15, 0.2) is 5.69 Å². The minimum atomic E-state index is -4.46. The number of rotatable bonds is 4. The molecule has 156 valence electrons. The summed E-state index contributed by atoms with van der Waals surface area (Å²) < 4.78 is 41.7. The number of benzene rings is 2. The molecule has 1 aromatic heterocycles. The molecule has 0 atom stereocenters. The van der Waals surface area contributed by atoms with E-state index in [1.54, 1.807) is 24.3 Å². The molecule has 1 aliphatic rings. The summed E-state index contributed by atoms with van der Waals surface area (Å²) in [6, 6.07) is 14.4. The van der Waals surface area contributed by atoms with Crippen molar-refractivity contribution >= 4 is 11.6 Å². The fourth-order valence-electron chi connectivity index (χ4n) is 3.92. The number of hydrogen-bond acceptors (Lipinski definition) is 2. The van der Waals surface area contributed by atoms with Gasteiger partial charge in [0, 0.05) is 22.5 Å². The lowest BCUT2D eigenvalue weighted by Crippen LogP contribution is -2.14. The van der Waals surface area contributed by atoms with Crippen LogP contribution in [0.5, 0.6) is 0 Å². The van der Waals surface area contributed by atoms with Gasteiger partial charge in [-0.1, -0.05) is 30.3 Å². The second-order valence-electron chi connectivity index (χ2n) is 7.61. The zero-order valence-corrected chi connectivity index (χ0v) is 16.6. The molecule has 0 fully saturated rings. The van der Waals surface area contributed by atoms with Crippen molar-refractivity contribution in [3.8, 4) is 0 Å². The lowest BCUT2D eigenvalue weighted by Gasteiger charge is -2.15. The number of hydrogen-bond donors (Lipinski definition) is 1. The first-order valence-corrected chi connectivity index (χ1v) is 9.94. The predicted octanol–water partition coefficient (Wildman–Crippen LogP) is 5.39. The zero-order valence-electron chi connectivity index (χ0n) is 16.6. The number of anilines is 1. The summed E-state index contributed by atoms with van der Waals surface area (Å²) in [5.74, 6) is -0.260. The average Bonchev–Trinajstić information content (AvgIpc) is 3.09. The highest BCUT2D eigenvalue weighted by molar-refractivity contribution is 6.04. The van der Waals surface area contributed by atoms with Crippen LogP contribution >= 0.6 is 0 Å². The van der Waals surface area contributed by atoms with E-state index >= 15 is 0 Å². The summed E-state index contributed by atoms with van der Waals surface area (Å²) in [6.07, 6.45) is -1.86. The van der Waals surface area contributed by atoms with Crippen molar-refractivity contribution in [2.75, 3.05) is 5.32 Å². The molecular weight excluding hydrogens is 391 g/mol. The molecule has 0 radical (unpaired) electrons. The Morgan fingerprint density at radius 3 is 2.63 bits per heavy atom. The summed E-state index contributed by atoms with van der Waals surface area (Å²) in [7, 11) is 0. The monoisotopic (exact) mass is 413 g/mol. The van der Waals surface area contributed by atoms with Gasteiger partial charge in [-0.2, -0.15) is 18.3 Å². The zero-order chi connectivity index (χ0) is 21.3. The first-order valence-electron chi connectivity index (χ1n) is 9.94. The molecule has 0 spiro atoms. The maximum atomic E-state index is 13.4. The van der Waals surface area contributed by atoms with Gasteiger partial charge in [-0.15, -0.1) is 0 Å². The number of carbonyl (C=O) groups is 1. The fraction of sp³-hybridized carbons (Fsp3) is 0.304. The van der Waals surface area contributed by atoms with E-state index in [0.29, 0.717) is 29.7 Å². The third kappa shape index (κ3) is 4.10. The topological polar surface area (TPSA) is 46.9 Å². The molecule has 1 N–H and O–H groups in total. The van der Waals surface area contributed by atoms with Gasteiger partial charge in [0.2, 0.25) is 0 Å². The van der Waals surface area contributed by atoms with E-state index in [9.17, 15) is 18.0 Å². The van der Waals surface area contributed by atoms with Crippen LogP contribution in [0.25, 0.3) is 0 Å². The van der Waals surface area contributed by atoms with Crippen molar-refractivity contribution in [1.82, 2.24) is 9.78 Å². The Labute approximate surface area is 172 Å². The number of nitrogens with zero attached hydrogens (tertiary/aromatic N) is 2. The number of carbonyl (C=O) groups excluding carboxylic acids is 1. The maximum Gasteiger partial charge on any atom is 0.435 e. The third-order valence-corrected chi connectivity index (χ3v) is 5.44. The van der Waals surface area contributed by atoms with E-state index in [4.69, 9.17) is 0 Å². The molecule has 30 heavy (non-hydrogen) atoms. The van der Waals surface area contributed by atoms with Crippen LogP contribution in [-0.4, -0.2) is 15.7 Å². The fourth-order valence-corrected chi connectivity index (χ4v) is 3.92. The minimum absolute atomic E-state index is 0.198. The van der Waals surface area contributed by atoms with Gasteiger partial charge in [-0.3, -0.25) is 9.48 Å². The molecule has 3 aromatic rings. The molecule has 1 aliphatic carbocycles. The van der Waals surface area contributed by atoms with Crippen molar-refractivity contribution in [1.29, 1.82) is 0 Å². The first-order chi connectivity index (χ1) is 14.3. The molecule has 1 amide bonds. The van der Waals surface area contributed by atoms with Crippen molar-refractivity contribution in [3.63, 3.8) is 0 Å². The van der Waals surface area contributed by atoms with Gasteiger partial charge in [0.05, 0.1) is 6.54 Å². The highest BCUT2D eigenvalue weighted by Crippen LogP contribution is 2.36. The van der Waals surface area contributed by atoms with Crippen LogP contribution in [0.2, 0.25) is 0 Å². The van der Waals surface area contributed by atoms with E-state index in [0.717, 1.165) is 29.7 Å². The van der Waals surface area contributed by atoms with Crippen LogP contribution in [0.4, 0.5) is 18.9 Å². The molecule has 0 aliphatic heterocycles. The Morgan fingerprint density at radius 1 is 1.10 bits per heavy atom. The Balaban J connectivity index is 1.59. The molecule has 2 aromatic carbocycles. The number of para-hydroxylation sites is 1. The number of halogens is 3. The summed E-state index contributed by atoms with van der Waals surface area (Å²) in [4.78, 5) is 12.7. The van der Waals surface area contributed by atoms with E-state index in [1.165, 1.54) is 4.68 Å². The molecule has 0 saturated heterocycles. The number of nitrogens with one attached hydrogen (secondary N) is 1. The molecule has 7 heteroatoms. The van der Waals surface area contributed by atoms with Gasteiger partial charge < -0.3 is 5.32 Å². The quantitative estimate of drug-likeness (QED) is 0.623. The molecule has 0 saturated carbocycles. The summed E-state index contributed by atoms with van der Waals surface area (Å²) in [6.45, 7) is 2.11. The van der Waals surface area contributed by atoms with Gasteiger partial charge in [0.25, 0.3) is 5.91 Å². The summed E-state index contributed by atoms with van der Waals surface area (Å²) >= 11 is 0. The van der Waals surface area contributed by atoms with Gasteiger partial charge in [0.1, 0.15) is 0 Å². The van der Waals surface area contributed by atoms with Gasteiger partial charge in [-0.05, 0) is 61.9 Å². The number of aromatic nitrogens is 2. The van der Waals surface area contributed by atoms with Crippen LogP contribution < -0.4 is 5.32 Å². The van der Waals surface area contributed by atoms with Crippen molar-refractivity contribution in [2.24, 2.45) is 0 Å². The van der Waals surface area contributed by atoms with Crippen molar-refractivity contribution in [3.05, 3.63) is 82.2 Å². The first kappa shape index (κ1) is 20.2. The lowest BCUT2D eigenvalue weighted by molar-refractivity contribution is -0.142. The summed E-state index contributed by atoms with van der Waals surface area (Å²) in [5, 5.41) is 6.78. The Kier molecular flexibility index (Phi) is 5.37. The lowest BCUT2D eigenvalue weighted by atomic mass is 9.95. The Bertz CT molecular complexity index is 1090. The standard InChI is InChI=1S/C23H22F3N3O/c1-15-7-2-4-11-19(15)27-22(30)17-9-6-8-16(13-17)14-29-20-12-5-3-10-18(20)21(28-29)23(24,25)26/h2,4,6-9,11,13H,3,5,10,12,14H2,1H3,(H,27,30). The average molecular weight is 413 g/mol. The molecule has 0 unspecified atom stereocenters. The van der Waals surface area contributed by atoms with Crippen LogP contribution in [-0.2, 0) is 25.6 Å². The van der Waals surface area contributed by atoms with E-state index < -0.39 is 11.9 Å². The summed E-state index contributed by atoms with van der Waals surface area (Å²) in [5.41, 5.74) is 3.06. The van der Waals surface area contributed by atoms with Crippen molar-refractivity contribution in [2.45, 2.75) is 45.3 Å². The van der Waals surface area contributed by atoms with E-state index in [-0.39, 0.29) is 12.5 Å². The Hall–Kier alpha value is -3.09. The van der Waals surface area contributed by atoms with Crippen LogP contribution in [0, 0.1) is 6.92 Å². The van der Waals surface area contributed by atoms with Crippen molar-refractivity contribution < 1.29 is 18.0 Å². The number of amides is 1. The second-order valence-corrected chi connectivity index (χ2v) is 7.61. The second kappa shape index (κ2) is 7.97. The van der Waals surface area contributed by atoms with Crippen LogP contribution in [0.15, 0.2) is 48.5 Å². The SMILES string of the molecule is Cc1ccccc1NC(=O)c1cccc(Cn2nc(C(F)(F)F)c3c2CCCC3)c1. The predicted molar refractivity (Wildman–Crippen MR) is 109 cm³/mol. The number of alkyl halides is 3.